The fourth-order valence-corrected chi connectivity index (χ4v) is 4.93. The van der Waals surface area contributed by atoms with E-state index in [1.165, 1.54) is 22.5 Å². The minimum absolute atomic E-state index is 0.0423. The van der Waals surface area contributed by atoms with E-state index in [0.717, 1.165) is 16.7 Å². The fraction of sp³-hybridized carbons (Fsp3) is 0.364. The van der Waals surface area contributed by atoms with Gasteiger partial charge >= 0.3 is 5.97 Å². The summed E-state index contributed by atoms with van der Waals surface area (Å²) in [6, 6.07) is 7.53. The molecule has 0 amide bonds. The second-order valence-electron chi connectivity index (χ2n) is 7.41. The van der Waals surface area contributed by atoms with E-state index in [-0.39, 0.29) is 34.4 Å². The van der Waals surface area contributed by atoms with Gasteiger partial charge in [0.25, 0.3) is 0 Å². The maximum absolute atomic E-state index is 12.8. The van der Waals surface area contributed by atoms with E-state index in [2.05, 4.69) is 0 Å². The van der Waals surface area contributed by atoms with Gasteiger partial charge in [-0.2, -0.15) is 4.31 Å². The van der Waals surface area contributed by atoms with Gasteiger partial charge in [-0.25, -0.2) is 13.2 Å². The summed E-state index contributed by atoms with van der Waals surface area (Å²) in [5.41, 5.74) is 3.19. The van der Waals surface area contributed by atoms with E-state index in [9.17, 15) is 18.0 Å². The highest BCUT2D eigenvalue weighted by atomic mass is 35.5. The van der Waals surface area contributed by atoms with Crippen LogP contribution in [0.3, 0.4) is 0 Å². The average Bonchev–Trinajstić information content (AvgIpc) is 2.75. The molecule has 1 aliphatic rings. The van der Waals surface area contributed by atoms with Crippen LogP contribution in [-0.4, -0.2) is 57.4 Å². The molecule has 0 aromatic heterocycles. The number of nitrogens with zero attached hydrogens (tertiary/aromatic N) is 1. The first-order chi connectivity index (χ1) is 14.6. The van der Waals surface area contributed by atoms with Crippen LogP contribution in [0.4, 0.5) is 0 Å². The van der Waals surface area contributed by atoms with Crippen LogP contribution < -0.4 is 0 Å². The molecule has 0 spiro atoms. The van der Waals surface area contributed by atoms with Crippen LogP contribution in [-0.2, 0) is 19.5 Å². The number of halogens is 1. The van der Waals surface area contributed by atoms with Gasteiger partial charge in [-0.15, -0.1) is 0 Å². The Morgan fingerprint density at radius 3 is 2.32 bits per heavy atom. The number of sulfonamides is 1. The van der Waals surface area contributed by atoms with E-state index in [1.54, 1.807) is 6.07 Å². The minimum atomic E-state index is -3.80. The number of ketones is 1. The number of rotatable bonds is 6. The summed E-state index contributed by atoms with van der Waals surface area (Å²) in [5, 5.41) is 0.0423. The standard InChI is InChI=1S/C22H24ClNO6S/c1-14-10-16(3)18(11-15(14)2)21(25)13-30-22(26)19-12-17(4-5-20(19)23)31(27,28)24-6-8-29-9-7-24/h4-5,10-12H,6-9,13H2,1-3H3. The summed E-state index contributed by atoms with van der Waals surface area (Å²) in [6.07, 6.45) is 0. The summed E-state index contributed by atoms with van der Waals surface area (Å²) in [6.45, 7) is 6.28. The smallest absolute Gasteiger partial charge is 0.340 e. The lowest BCUT2D eigenvalue weighted by molar-refractivity contribution is 0.0474. The lowest BCUT2D eigenvalue weighted by atomic mass is 9.98. The van der Waals surface area contributed by atoms with E-state index in [4.69, 9.17) is 21.1 Å². The highest BCUT2D eigenvalue weighted by Gasteiger charge is 2.28. The molecular weight excluding hydrogens is 442 g/mol. The Labute approximate surface area is 187 Å². The number of carbonyl (C=O) groups excluding carboxylic acids is 2. The number of carbonyl (C=O) groups is 2. The monoisotopic (exact) mass is 465 g/mol. The van der Waals surface area contributed by atoms with Crippen molar-refractivity contribution in [3.63, 3.8) is 0 Å². The quantitative estimate of drug-likeness (QED) is 0.480. The van der Waals surface area contributed by atoms with Gasteiger partial charge in [-0.3, -0.25) is 4.79 Å². The van der Waals surface area contributed by atoms with Gasteiger partial charge in [0.2, 0.25) is 15.8 Å². The fourth-order valence-electron chi connectivity index (χ4n) is 3.30. The Morgan fingerprint density at radius 2 is 1.65 bits per heavy atom. The van der Waals surface area contributed by atoms with Crippen molar-refractivity contribution in [2.75, 3.05) is 32.9 Å². The third-order valence-corrected chi connectivity index (χ3v) is 7.47. The van der Waals surface area contributed by atoms with Crippen molar-refractivity contribution in [3.8, 4) is 0 Å². The molecule has 1 heterocycles. The highest BCUT2D eigenvalue weighted by molar-refractivity contribution is 7.89. The number of morpholine rings is 1. The molecule has 9 heteroatoms. The zero-order valence-electron chi connectivity index (χ0n) is 17.6. The molecule has 31 heavy (non-hydrogen) atoms. The second-order valence-corrected chi connectivity index (χ2v) is 9.75. The van der Waals surface area contributed by atoms with Crippen LogP contribution >= 0.6 is 11.6 Å². The number of aryl methyl sites for hydroxylation is 3. The zero-order valence-corrected chi connectivity index (χ0v) is 19.2. The topological polar surface area (TPSA) is 90.0 Å². The van der Waals surface area contributed by atoms with E-state index in [0.29, 0.717) is 18.8 Å². The molecule has 0 aliphatic carbocycles. The van der Waals surface area contributed by atoms with Gasteiger partial charge < -0.3 is 9.47 Å². The lowest BCUT2D eigenvalue weighted by Gasteiger charge is -2.26. The first-order valence-corrected chi connectivity index (χ1v) is 11.6. The number of hydrogen-bond donors (Lipinski definition) is 0. The second kappa shape index (κ2) is 9.48. The van der Waals surface area contributed by atoms with Crippen LogP contribution in [0, 0.1) is 20.8 Å². The van der Waals surface area contributed by atoms with Crippen molar-refractivity contribution >= 4 is 33.4 Å². The van der Waals surface area contributed by atoms with Crippen molar-refractivity contribution in [2.45, 2.75) is 25.7 Å². The van der Waals surface area contributed by atoms with Gasteiger partial charge in [-0.1, -0.05) is 17.7 Å². The Kier molecular flexibility index (Phi) is 7.16. The average molecular weight is 466 g/mol. The number of ether oxygens (including phenoxy) is 2. The lowest BCUT2D eigenvalue weighted by Crippen LogP contribution is -2.40. The Bertz CT molecular complexity index is 1120. The Hall–Kier alpha value is -2.26. The molecule has 166 valence electrons. The molecular formula is C22H24ClNO6S. The van der Waals surface area contributed by atoms with Gasteiger partial charge in [0.1, 0.15) is 0 Å². The first kappa shape index (κ1) is 23.4. The molecule has 2 aromatic carbocycles. The van der Waals surface area contributed by atoms with E-state index in [1.807, 2.05) is 26.8 Å². The van der Waals surface area contributed by atoms with Crippen LogP contribution in [0.15, 0.2) is 35.2 Å². The maximum Gasteiger partial charge on any atom is 0.340 e. The molecule has 0 atom stereocenters. The molecule has 7 nitrogen and oxygen atoms in total. The van der Waals surface area contributed by atoms with Crippen LogP contribution in [0.1, 0.15) is 37.4 Å². The largest absolute Gasteiger partial charge is 0.454 e. The summed E-state index contributed by atoms with van der Waals surface area (Å²) in [5.74, 6) is -1.21. The first-order valence-electron chi connectivity index (χ1n) is 9.77. The Balaban J connectivity index is 1.77. The molecule has 0 saturated carbocycles. The molecule has 0 radical (unpaired) electrons. The van der Waals surface area contributed by atoms with E-state index >= 15 is 0 Å². The highest BCUT2D eigenvalue weighted by Crippen LogP contribution is 2.24. The molecule has 3 rings (SSSR count). The third-order valence-electron chi connectivity index (χ3n) is 5.24. The SMILES string of the molecule is Cc1cc(C)c(C(=O)COC(=O)c2cc(S(=O)(=O)N3CCOCC3)ccc2Cl)cc1C. The number of hydrogen-bond acceptors (Lipinski definition) is 6. The summed E-state index contributed by atoms with van der Waals surface area (Å²) >= 11 is 6.11. The molecule has 0 bridgehead atoms. The van der Waals surface area contributed by atoms with E-state index < -0.39 is 22.6 Å². The summed E-state index contributed by atoms with van der Waals surface area (Å²) in [7, 11) is -3.80. The number of Topliss-reactive ketones (excluding diaryl/α,β-unsaturated/α-hetero) is 1. The van der Waals surface area contributed by atoms with Gasteiger partial charge in [-0.05, 0) is 61.7 Å². The molecule has 2 aromatic rings. The number of esters is 1. The third kappa shape index (κ3) is 5.15. The summed E-state index contributed by atoms with van der Waals surface area (Å²) in [4.78, 5) is 25.1. The molecule has 1 aliphatic heterocycles. The zero-order chi connectivity index (χ0) is 22.8. The van der Waals surface area contributed by atoms with Crippen molar-refractivity contribution in [2.24, 2.45) is 0 Å². The maximum atomic E-state index is 12.8. The predicted octanol–water partition coefficient (Wildman–Crippen LogP) is 3.33. The predicted molar refractivity (Wildman–Crippen MR) is 116 cm³/mol. The van der Waals surface area contributed by atoms with Crippen molar-refractivity contribution in [1.82, 2.24) is 4.31 Å². The Morgan fingerprint density at radius 1 is 1.00 bits per heavy atom. The number of benzene rings is 2. The molecule has 1 fully saturated rings. The van der Waals surface area contributed by atoms with Crippen LogP contribution in [0.2, 0.25) is 5.02 Å². The van der Waals surface area contributed by atoms with Gasteiger partial charge in [0.15, 0.2) is 6.61 Å². The van der Waals surface area contributed by atoms with Crippen LogP contribution in [0.5, 0.6) is 0 Å². The van der Waals surface area contributed by atoms with Crippen molar-refractivity contribution < 1.29 is 27.5 Å². The van der Waals surface area contributed by atoms with Crippen molar-refractivity contribution in [3.05, 3.63) is 63.2 Å². The normalized spacial score (nSPS) is 15.0. The van der Waals surface area contributed by atoms with Gasteiger partial charge in [0, 0.05) is 18.7 Å². The molecule has 0 unspecified atom stereocenters. The minimum Gasteiger partial charge on any atom is -0.454 e. The van der Waals surface area contributed by atoms with Gasteiger partial charge in [0.05, 0.1) is 28.7 Å². The molecule has 1 saturated heterocycles. The van der Waals surface area contributed by atoms with Crippen LogP contribution in [0.25, 0.3) is 0 Å². The van der Waals surface area contributed by atoms with Crippen molar-refractivity contribution in [1.29, 1.82) is 0 Å². The molecule has 0 N–H and O–H groups in total. The summed E-state index contributed by atoms with van der Waals surface area (Å²) < 4.78 is 37.3.